The number of ether oxygens (including phenoxy) is 1. The van der Waals surface area contributed by atoms with Crippen LogP contribution in [-0.2, 0) is 11.2 Å². The van der Waals surface area contributed by atoms with Gasteiger partial charge in [0.1, 0.15) is 0 Å². The number of halogens is 2. The minimum atomic E-state index is -0.311. The van der Waals surface area contributed by atoms with Crippen LogP contribution in [0.1, 0.15) is 26.3 Å². The van der Waals surface area contributed by atoms with Crippen molar-refractivity contribution in [3.05, 3.63) is 63.4 Å². The molecular weight excluding hydrogens is 377 g/mol. The second kappa shape index (κ2) is 10.1. The Morgan fingerprint density at radius 1 is 1.04 bits per heavy atom. The summed E-state index contributed by atoms with van der Waals surface area (Å²) in [7, 11) is 1.55. The third kappa shape index (κ3) is 5.98. The standard InChI is InChI=1S/C18H19Cl2N3O3/c1-26-7-6-23-18(25)14-8-13(10-21-11-14)17(24)22-5-4-12-2-3-15(19)9-16(12)20/h2-3,8-11H,4-7H2,1H3,(H,22,24)(H,23,25). The number of hydrogen-bond donors (Lipinski definition) is 2. The number of aromatic nitrogens is 1. The highest BCUT2D eigenvalue weighted by molar-refractivity contribution is 6.35. The SMILES string of the molecule is COCCNC(=O)c1cncc(C(=O)NCCc2ccc(Cl)cc2Cl)c1. The Labute approximate surface area is 161 Å². The largest absolute Gasteiger partial charge is 0.383 e. The molecule has 2 aromatic rings. The lowest BCUT2D eigenvalue weighted by atomic mass is 10.1. The van der Waals surface area contributed by atoms with Gasteiger partial charge in [0.2, 0.25) is 0 Å². The van der Waals surface area contributed by atoms with Crippen LogP contribution in [0.15, 0.2) is 36.7 Å². The number of benzene rings is 1. The van der Waals surface area contributed by atoms with E-state index in [1.807, 2.05) is 6.07 Å². The van der Waals surface area contributed by atoms with Gasteiger partial charge in [0.15, 0.2) is 0 Å². The summed E-state index contributed by atoms with van der Waals surface area (Å²) in [6.07, 6.45) is 3.38. The van der Waals surface area contributed by atoms with Gasteiger partial charge in [0, 0.05) is 42.6 Å². The van der Waals surface area contributed by atoms with E-state index in [0.29, 0.717) is 47.3 Å². The van der Waals surface area contributed by atoms with E-state index in [-0.39, 0.29) is 11.8 Å². The Morgan fingerprint density at radius 3 is 2.31 bits per heavy atom. The third-order valence-corrected chi connectivity index (χ3v) is 4.14. The number of rotatable bonds is 8. The molecule has 0 unspecified atom stereocenters. The average molecular weight is 396 g/mol. The molecule has 0 atom stereocenters. The minimum absolute atomic E-state index is 0.308. The highest BCUT2D eigenvalue weighted by Gasteiger charge is 2.11. The monoisotopic (exact) mass is 395 g/mol. The summed E-state index contributed by atoms with van der Waals surface area (Å²) in [4.78, 5) is 28.2. The molecule has 0 radical (unpaired) electrons. The van der Waals surface area contributed by atoms with Crippen molar-refractivity contribution in [3.63, 3.8) is 0 Å². The highest BCUT2D eigenvalue weighted by Crippen LogP contribution is 2.21. The van der Waals surface area contributed by atoms with Crippen molar-refractivity contribution >= 4 is 35.0 Å². The lowest BCUT2D eigenvalue weighted by Crippen LogP contribution is -2.28. The predicted octanol–water partition coefficient (Wildman–Crippen LogP) is 2.74. The summed E-state index contributed by atoms with van der Waals surface area (Å²) >= 11 is 12.0. The molecule has 1 aromatic heterocycles. The molecule has 2 N–H and O–H groups in total. The van der Waals surface area contributed by atoms with E-state index in [9.17, 15) is 9.59 Å². The number of methoxy groups -OCH3 is 1. The van der Waals surface area contributed by atoms with Crippen LogP contribution in [0.2, 0.25) is 10.0 Å². The van der Waals surface area contributed by atoms with Gasteiger partial charge in [-0.25, -0.2) is 0 Å². The van der Waals surface area contributed by atoms with Crippen molar-refractivity contribution in [1.82, 2.24) is 15.6 Å². The van der Waals surface area contributed by atoms with Crippen molar-refractivity contribution < 1.29 is 14.3 Å². The molecule has 0 saturated heterocycles. The fourth-order valence-corrected chi connectivity index (χ4v) is 2.70. The summed E-state index contributed by atoms with van der Waals surface area (Å²) < 4.78 is 4.87. The number of carbonyl (C=O) groups is 2. The topological polar surface area (TPSA) is 80.3 Å². The van der Waals surface area contributed by atoms with Crippen molar-refractivity contribution in [3.8, 4) is 0 Å². The second-order valence-electron chi connectivity index (χ2n) is 5.45. The fraction of sp³-hybridized carbons (Fsp3) is 0.278. The third-order valence-electron chi connectivity index (χ3n) is 3.55. The van der Waals surface area contributed by atoms with Gasteiger partial charge in [0.05, 0.1) is 17.7 Å². The summed E-state index contributed by atoms with van der Waals surface area (Å²) in [5, 5.41) is 6.59. The maximum absolute atomic E-state index is 12.3. The normalized spacial score (nSPS) is 10.4. The molecule has 8 heteroatoms. The van der Waals surface area contributed by atoms with Gasteiger partial charge in [-0.3, -0.25) is 14.6 Å². The van der Waals surface area contributed by atoms with Gasteiger partial charge < -0.3 is 15.4 Å². The van der Waals surface area contributed by atoms with Gasteiger partial charge in [0.25, 0.3) is 11.8 Å². The first-order valence-corrected chi connectivity index (χ1v) is 8.71. The van der Waals surface area contributed by atoms with E-state index in [2.05, 4.69) is 15.6 Å². The van der Waals surface area contributed by atoms with Gasteiger partial charge in [-0.15, -0.1) is 0 Å². The zero-order chi connectivity index (χ0) is 18.9. The van der Waals surface area contributed by atoms with E-state index in [4.69, 9.17) is 27.9 Å². The summed E-state index contributed by atoms with van der Waals surface area (Å²) in [5.74, 6) is -0.619. The van der Waals surface area contributed by atoms with E-state index in [1.54, 1.807) is 19.2 Å². The minimum Gasteiger partial charge on any atom is -0.383 e. The second-order valence-corrected chi connectivity index (χ2v) is 6.30. The van der Waals surface area contributed by atoms with Crippen LogP contribution < -0.4 is 10.6 Å². The average Bonchev–Trinajstić information content (AvgIpc) is 2.63. The van der Waals surface area contributed by atoms with E-state index in [1.165, 1.54) is 18.5 Å². The first-order chi connectivity index (χ1) is 12.5. The van der Waals surface area contributed by atoms with Gasteiger partial charge in [-0.1, -0.05) is 29.3 Å². The van der Waals surface area contributed by atoms with E-state index in [0.717, 1.165) is 5.56 Å². The lowest BCUT2D eigenvalue weighted by Gasteiger charge is -2.08. The number of amides is 2. The zero-order valence-electron chi connectivity index (χ0n) is 14.2. The maximum atomic E-state index is 12.3. The highest BCUT2D eigenvalue weighted by atomic mass is 35.5. The lowest BCUT2D eigenvalue weighted by molar-refractivity contribution is 0.0936. The first-order valence-electron chi connectivity index (χ1n) is 7.95. The molecule has 0 bridgehead atoms. The molecule has 0 saturated carbocycles. The van der Waals surface area contributed by atoms with Crippen LogP contribution in [0.4, 0.5) is 0 Å². The Morgan fingerprint density at radius 2 is 1.69 bits per heavy atom. The molecular formula is C18H19Cl2N3O3. The van der Waals surface area contributed by atoms with Crippen molar-refractivity contribution in [1.29, 1.82) is 0 Å². The van der Waals surface area contributed by atoms with Crippen molar-refractivity contribution in [2.24, 2.45) is 0 Å². The van der Waals surface area contributed by atoms with Crippen LogP contribution in [-0.4, -0.2) is 43.6 Å². The zero-order valence-corrected chi connectivity index (χ0v) is 15.7. The number of pyridine rings is 1. The molecule has 2 amide bonds. The van der Waals surface area contributed by atoms with Crippen LogP contribution in [0, 0.1) is 0 Å². The van der Waals surface area contributed by atoms with Crippen LogP contribution in [0.25, 0.3) is 0 Å². The Balaban J connectivity index is 1.90. The molecule has 0 aliphatic heterocycles. The summed E-state index contributed by atoms with van der Waals surface area (Å²) in [5.41, 5.74) is 1.52. The molecule has 0 aliphatic rings. The Kier molecular flexibility index (Phi) is 7.84. The van der Waals surface area contributed by atoms with Gasteiger partial charge in [-0.2, -0.15) is 0 Å². The van der Waals surface area contributed by atoms with Gasteiger partial charge >= 0.3 is 0 Å². The molecule has 6 nitrogen and oxygen atoms in total. The van der Waals surface area contributed by atoms with Gasteiger partial charge in [-0.05, 0) is 30.2 Å². The smallest absolute Gasteiger partial charge is 0.252 e. The van der Waals surface area contributed by atoms with Crippen LogP contribution >= 0.6 is 23.2 Å². The molecule has 2 rings (SSSR count). The molecule has 0 aliphatic carbocycles. The predicted molar refractivity (Wildman–Crippen MR) is 101 cm³/mol. The maximum Gasteiger partial charge on any atom is 0.252 e. The Hall–Kier alpha value is -2.15. The van der Waals surface area contributed by atoms with Crippen LogP contribution in [0.5, 0.6) is 0 Å². The molecule has 1 heterocycles. The molecule has 0 fully saturated rings. The number of nitrogens with one attached hydrogen (secondary N) is 2. The van der Waals surface area contributed by atoms with Crippen LogP contribution in [0.3, 0.4) is 0 Å². The number of hydrogen-bond acceptors (Lipinski definition) is 4. The first kappa shape index (κ1) is 20.2. The molecule has 138 valence electrons. The quantitative estimate of drug-likeness (QED) is 0.673. The summed E-state index contributed by atoms with van der Waals surface area (Å²) in [6, 6.07) is 6.74. The molecule has 26 heavy (non-hydrogen) atoms. The Bertz CT molecular complexity index is 784. The van der Waals surface area contributed by atoms with Crippen molar-refractivity contribution in [2.45, 2.75) is 6.42 Å². The van der Waals surface area contributed by atoms with E-state index < -0.39 is 0 Å². The summed E-state index contributed by atoms with van der Waals surface area (Å²) in [6.45, 7) is 1.19. The molecule has 0 spiro atoms. The molecule has 1 aromatic carbocycles. The van der Waals surface area contributed by atoms with Crippen molar-refractivity contribution in [2.75, 3.05) is 26.8 Å². The fourth-order valence-electron chi connectivity index (χ4n) is 2.19. The number of carbonyl (C=O) groups excluding carboxylic acids is 2. The van der Waals surface area contributed by atoms with E-state index >= 15 is 0 Å². The number of nitrogens with zero attached hydrogens (tertiary/aromatic N) is 1.